The summed E-state index contributed by atoms with van der Waals surface area (Å²) in [5.74, 6) is -0.733. The number of hydrogen-bond donors (Lipinski definition) is 2. The minimum absolute atomic E-state index is 0.0423. The molecular weight excluding hydrogens is 248 g/mol. The monoisotopic (exact) mass is 260 g/mol. The molecule has 2 aromatic rings. The second-order valence-electron chi connectivity index (χ2n) is 3.87. The van der Waals surface area contributed by atoms with Crippen LogP contribution < -0.4 is 5.32 Å². The summed E-state index contributed by atoms with van der Waals surface area (Å²) in [4.78, 5) is 30.3. The number of aromatic nitrogens is 3. The number of amides is 1. The van der Waals surface area contributed by atoms with Crippen LogP contribution in [0.5, 0.6) is 0 Å². The summed E-state index contributed by atoms with van der Waals surface area (Å²) in [5.41, 5.74) is 0.208. The van der Waals surface area contributed by atoms with E-state index < -0.39 is 5.97 Å². The van der Waals surface area contributed by atoms with Crippen LogP contribution in [0.15, 0.2) is 30.7 Å². The van der Waals surface area contributed by atoms with Gasteiger partial charge in [0.2, 0.25) is 0 Å². The first kappa shape index (κ1) is 12.7. The van der Waals surface area contributed by atoms with Crippen molar-refractivity contribution in [2.75, 3.05) is 0 Å². The van der Waals surface area contributed by atoms with Gasteiger partial charge in [-0.05, 0) is 12.1 Å². The molecule has 0 aliphatic heterocycles. The smallest absolute Gasteiger partial charge is 0.337 e. The van der Waals surface area contributed by atoms with Gasteiger partial charge in [-0.15, -0.1) is 0 Å². The molecule has 0 spiro atoms. The van der Waals surface area contributed by atoms with Gasteiger partial charge in [0.05, 0.1) is 12.1 Å². The van der Waals surface area contributed by atoms with Crippen molar-refractivity contribution >= 4 is 11.9 Å². The van der Waals surface area contributed by atoms with Gasteiger partial charge in [0, 0.05) is 25.6 Å². The molecule has 0 radical (unpaired) electrons. The van der Waals surface area contributed by atoms with E-state index in [9.17, 15) is 9.59 Å². The van der Waals surface area contributed by atoms with E-state index in [-0.39, 0.29) is 23.7 Å². The van der Waals surface area contributed by atoms with Gasteiger partial charge in [-0.2, -0.15) is 0 Å². The van der Waals surface area contributed by atoms with Crippen molar-refractivity contribution in [1.29, 1.82) is 0 Å². The minimum atomic E-state index is -1.08. The van der Waals surface area contributed by atoms with Gasteiger partial charge in [0.1, 0.15) is 11.5 Å². The van der Waals surface area contributed by atoms with Gasteiger partial charge in [-0.3, -0.25) is 9.78 Å². The van der Waals surface area contributed by atoms with Crippen LogP contribution in [0.4, 0.5) is 0 Å². The molecule has 0 saturated heterocycles. The molecule has 0 bridgehead atoms. The normalized spacial score (nSPS) is 10.2. The summed E-state index contributed by atoms with van der Waals surface area (Å²) < 4.78 is 1.79. The quantitative estimate of drug-likeness (QED) is 0.831. The third kappa shape index (κ3) is 2.95. The fraction of sp³-hybridized carbons (Fsp3) is 0.167. The number of carboxylic acid groups (broad SMARTS) is 1. The Morgan fingerprint density at radius 2 is 2.16 bits per heavy atom. The molecule has 19 heavy (non-hydrogen) atoms. The van der Waals surface area contributed by atoms with Crippen molar-refractivity contribution in [3.8, 4) is 0 Å². The Labute approximate surface area is 108 Å². The van der Waals surface area contributed by atoms with Gasteiger partial charge in [-0.1, -0.05) is 0 Å². The third-order valence-corrected chi connectivity index (χ3v) is 2.57. The molecule has 0 aliphatic carbocycles. The number of rotatable bonds is 4. The summed E-state index contributed by atoms with van der Waals surface area (Å²) in [6, 6.07) is 2.71. The van der Waals surface area contributed by atoms with E-state index in [1.54, 1.807) is 17.0 Å². The molecule has 7 heteroatoms. The fourth-order valence-corrected chi connectivity index (χ4v) is 1.47. The number of imidazole rings is 1. The van der Waals surface area contributed by atoms with Gasteiger partial charge < -0.3 is 15.0 Å². The summed E-state index contributed by atoms with van der Waals surface area (Å²) >= 11 is 0. The Kier molecular flexibility index (Phi) is 3.56. The lowest BCUT2D eigenvalue weighted by atomic mass is 10.2. The molecule has 0 saturated carbocycles. The SMILES string of the molecule is Cn1ccnc1CNC(=O)c1ccc(C(=O)O)cn1. The van der Waals surface area contributed by atoms with Crippen molar-refractivity contribution in [3.63, 3.8) is 0 Å². The zero-order valence-corrected chi connectivity index (χ0v) is 10.2. The maximum absolute atomic E-state index is 11.8. The molecule has 2 aromatic heterocycles. The zero-order valence-electron chi connectivity index (χ0n) is 10.2. The largest absolute Gasteiger partial charge is 0.478 e. The van der Waals surface area contributed by atoms with E-state index >= 15 is 0 Å². The standard InChI is InChI=1S/C12H12N4O3/c1-16-5-4-13-10(16)7-15-11(17)9-3-2-8(6-14-9)12(18)19/h2-6H,7H2,1H3,(H,15,17)(H,18,19). The Hall–Kier alpha value is -2.70. The van der Waals surface area contributed by atoms with E-state index in [0.29, 0.717) is 0 Å². The van der Waals surface area contributed by atoms with Crippen LogP contribution in [-0.4, -0.2) is 31.5 Å². The molecule has 0 aliphatic rings. The van der Waals surface area contributed by atoms with E-state index in [1.165, 1.54) is 12.1 Å². The molecule has 2 heterocycles. The Morgan fingerprint density at radius 3 is 2.68 bits per heavy atom. The molecule has 0 aromatic carbocycles. The summed E-state index contributed by atoms with van der Waals surface area (Å²) in [6.07, 6.45) is 4.57. The van der Waals surface area contributed by atoms with Gasteiger partial charge in [0.15, 0.2) is 0 Å². The van der Waals surface area contributed by atoms with E-state index in [2.05, 4.69) is 15.3 Å². The number of nitrogens with one attached hydrogen (secondary N) is 1. The fourth-order valence-electron chi connectivity index (χ4n) is 1.47. The predicted molar refractivity (Wildman–Crippen MR) is 65.6 cm³/mol. The molecule has 0 unspecified atom stereocenters. The molecule has 98 valence electrons. The number of carboxylic acids is 1. The average Bonchev–Trinajstić information content (AvgIpc) is 2.81. The summed E-state index contributed by atoms with van der Waals surface area (Å²) in [7, 11) is 1.83. The highest BCUT2D eigenvalue weighted by molar-refractivity contribution is 5.93. The highest BCUT2D eigenvalue weighted by atomic mass is 16.4. The minimum Gasteiger partial charge on any atom is -0.478 e. The van der Waals surface area contributed by atoms with Crippen LogP contribution in [-0.2, 0) is 13.6 Å². The molecule has 1 amide bonds. The highest BCUT2D eigenvalue weighted by Crippen LogP contribution is 2.01. The van der Waals surface area contributed by atoms with Crippen molar-refractivity contribution in [1.82, 2.24) is 19.9 Å². The van der Waals surface area contributed by atoms with Gasteiger partial charge >= 0.3 is 5.97 Å². The molecule has 0 fully saturated rings. The van der Waals surface area contributed by atoms with Gasteiger partial charge in [-0.25, -0.2) is 9.78 Å². The number of aryl methyl sites for hydroxylation is 1. The first-order valence-electron chi connectivity index (χ1n) is 5.51. The van der Waals surface area contributed by atoms with E-state index in [4.69, 9.17) is 5.11 Å². The first-order valence-corrected chi connectivity index (χ1v) is 5.51. The van der Waals surface area contributed by atoms with Gasteiger partial charge in [0.25, 0.3) is 5.91 Å². The predicted octanol–water partition coefficient (Wildman–Crippen LogP) is 0.443. The number of aromatic carboxylic acids is 1. The van der Waals surface area contributed by atoms with E-state index in [0.717, 1.165) is 12.0 Å². The average molecular weight is 260 g/mol. The summed E-state index contributed by atoms with van der Waals surface area (Å²) in [6.45, 7) is 0.282. The number of pyridine rings is 1. The molecular formula is C12H12N4O3. The molecule has 7 nitrogen and oxygen atoms in total. The Bertz CT molecular complexity index is 604. The van der Waals surface area contributed by atoms with E-state index in [1.807, 2.05) is 7.05 Å². The maximum atomic E-state index is 11.8. The molecule has 2 rings (SSSR count). The Morgan fingerprint density at radius 1 is 1.37 bits per heavy atom. The topological polar surface area (TPSA) is 97.1 Å². The van der Waals surface area contributed by atoms with Crippen LogP contribution in [0, 0.1) is 0 Å². The number of hydrogen-bond acceptors (Lipinski definition) is 4. The lowest BCUT2D eigenvalue weighted by Crippen LogP contribution is -2.25. The van der Waals surface area contributed by atoms with Crippen LogP contribution in [0.2, 0.25) is 0 Å². The number of carbonyl (C=O) groups is 2. The van der Waals surface area contributed by atoms with Crippen molar-refractivity contribution in [2.45, 2.75) is 6.54 Å². The Balaban J connectivity index is 2.00. The van der Waals surface area contributed by atoms with Crippen molar-refractivity contribution in [2.24, 2.45) is 7.05 Å². The first-order chi connectivity index (χ1) is 9.08. The second kappa shape index (κ2) is 5.30. The lowest BCUT2D eigenvalue weighted by Gasteiger charge is -2.05. The zero-order chi connectivity index (χ0) is 13.8. The second-order valence-corrected chi connectivity index (χ2v) is 3.87. The van der Waals surface area contributed by atoms with Crippen LogP contribution in [0.3, 0.4) is 0 Å². The molecule has 2 N–H and O–H groups in total. The third-order valence-electron chi connectivity index (χ3n) is 2.57. The summed E-state index contributed by atoms with van der Waals surface area (Å²) in [5, 5.41) is 11.4. The highest BCUT2D eigenvalue weighted by Gasteiger charge is 2.10. The van der Waals surface area contributed by atoms with Crippen molar-refractivity contribution in [3.05, 3.63) is 47.8 Å². The number of carbonyl (C=O) groups excluding carboxylic acids is 1. The molecule has 0 atom stereocenters. The lowest BCUT2D eigenvalue weighted by molar-refractivity contribution is 0.0695. The maximum Gasteiger partial charge on any atom is 0.337 e. The van der Waals surface area contributed by atoms with Crippen LogP contribution in [0.1, 0.15) is 26.7 Å². The number of nitrogens with zero attached hydrogens (tertiary/aromatic N) is 3. The van der Waals surface area contributed by atoms with Crippen molar-refractivity contribution < 1.29 is 14.7 Å². The van der Waals surface area contributed by atoms with Crippen LogP contribution in [0.25, 0.3) is 0 Å². The van der Waals surface area contributed by atoms with Crippen LogP contribution >= 0.6 is 0 Å².